The van der Waals surface area contributed by atoms with Crippen LogP contribution in [0.4, 0.5) is 6.32 Å². The van der Waals surface area contributed by atoms with Crippen LogP contribution in [0.5, 0.6) is 0 Å². The van der Waals surface area contributed by atoms with Crippen molar-refractivity contribution in [3.8, 4) is 0 Å². The van der Waals surface area contributed by atoms with Crippen molar-refractivity contribution in [2.24, 2.45) is 0 Å². The summed E-state index contributed by atoms with van der Waals surface area (Å²) in [4.78, 5) is 0. The standard InChI is InChI=1S/2FH.HI.Pt/h3*1H;/q;;;+2/p-2. The van der Waals surface area contributed by atoms with Gasteiger partial charge >= 0.3 is 25.9 Å². The quantitative estimate of drug-likeness (QED) is 0.574. The van der Waals surface area contributed by atoms with Gasteiger partial charge in [0.2, 0.25) is 0 Å². The van der Waals surface area contributed by atoms with E-state index in [1.807, 2.05) is 0 Å². The molecule has 0 radical (unpaired) electrons. The van der Waals surface area contributed by atoms with Crippen LogP contribution in [0.2, 0.25) is 0 Å². The second-order valence-electron chi connectivity index (χ2n) is 0.0452. The molecule has 0 fully saturated rings. The second-order valence-corrected chi connectivity index (χ2v) is 0.370. The van der Waals surface area contributed by atoms with Crippen LogP contribution in [0.1, 0.15) is 0 Å². The predicted octanol–water partition coefficient (Wildman–Crippen LogP) is 1.46. The van der Waals surface area contributed by atoms with Gasteiger partial charge in [0.25, 0.3) is 0 Å². The van der Waals surface area contributed by atoms with Gasteiger partial charge in [0.15, 0.2) is 0 Å². The van der Waals surface area contributed by atoms with Crippen LogP contribution in [0.3, 0.4) is 0 Å². The molecular formula is HF2IPt. The third-order valence-corrected chi connectivity index (χ3v) is 0. The number of halogens is 3. The van der Waals surface area contributed by atoms with E-state index in [0.717, 1.165) is 0 Å². The van der Waals surface area contributed by atoms with Crippen molar-refractivity contribution in [1.82, 2.24) is 0 Å². The first-order valence-electron chi connectivity index (χ1n) is 0.239. The SMILES string of the molecule is I.[F][Pt][F]. The molecule has 0 rings (SSSR count). The fraction of sp³-hybridized carbons (Fsp3) is 0. The molecule has 0 saturated heterocycles. The van der Waals surface area contributed by atoms with Crippen molar-refractivity contribution >= 4 is 24.0 Å². The van der Waals surface area contributed by atoms with Gasteiger partial charge in [-0.3, -0.25) is 0 Å². The molecular weight excluding hydrogens is 360 g/mol. The zero-order valence-corrected chi connectivity index (χ0v) is 6.08. The molecule has 0 aliphatic rings. The van der Waals surface area contributed by atoms with Gasteiger partial charge in [-0.2, -0.15) is 0 Å². The van der Waals surface area contributed by atoms with Crippen molar-refractivity contribution in [2.75, 3.05) is 0 Å². The Labute approximate surface area is 49.8 Å². The Balaban J connectivity index is 0. The first-order valence-corrected chi connectivity index (χ1v) is 1.96. The summed E-state index contributed by atoms with van der Waals surface area (Å²) < 4.78 is 19.5. The van der Waals surface area contributed by atoms with E-state index in [1.54, 1.807) is 0 Å². The van der Waals surface area contributed by atoms with Gasteiger partial charge in [0, 0.05) is 0 Å². The van der Waals surface area contributed by atoms with Crippen molar-refractivity contribution in [1.29, 1.82) is 0 Å². The molecule has 4 heteroatoms. The predicted molar refractivity (Wildman–Crippen MR) is 17.6 cm³/mol. The Bertz CT molecular complexity index is 6.00. The molecule has 0 aromatic heterocycles. The molecule has 0 heterocycles. The second kappa shape index (κ2) is 8.86. The molecule has 0 aliphatic heterocycles. The minimum absolute atomic E-state index is 0. The molecule has 4 heavy (non-hydrogen) atoms. The number of rotatable bonds is 0. The summed E-state index contributed by atoms with van der Waals surface area (Å²) >= 11 is -2.42. The van der Waals surface area contributed by atoms with Gasteiger partial charge in [-0.15, -0.1) is 24.0 Å². The summed E-state index contributed by atoms with van der Waals surface area (Å²) in [6, 6.07) is 0. The van der Waals surface area contributed by atoms with Crippen molar-refractivity contribution in [3.63, 3.8) is 0 Å². The van der Waals surface area contributed by atoms with E-state index in [1.165, 1.54) is 0 Å². The Kier molecular flexibility index (Phi) is 19.9. The van der Waals surface area contributed by atoms with E-state index in [2.05, 4.69) is 0 Å². The Morgan fingerprint density at radius 3 is 1.25 bits per heavy atom. The molecule has 32 valence electrons. The average Bonchev–Trinajstić information content (AvgIpc) is 0.918. The van der Waals surface area contributed by atoms with Crippen LogP contribution in [-0.4, -0.2) is 0 Å². The summed E-state index contributed by atoms with van der Waals surface area (Å²) in [5.41, 5.74) is 0. The van der Waals surface area contributed by atoms with Crippen LogP contribution in [0.15, 0.2) is 0 Å². The normalized spacial score (nSPS) is 5.50. The van der Waals surface area contributed by atoms with Crippen LogP contribution < -0.4 is 0 Å². The van der Waals surface area contributed by atoms with E-state index in [4.69, 9.17) is 0 Å². The van der Waals surface area contributed by atoms with Gasteiger partial charge < -0.3 is 0 Å². The molecule has 0 aliphatic carbocycles. The molecule has 0 aromatic carbocycles. The average molecular weight is 361 g/mol. The fourth-order valence-electron chi connectivity index (χ4n) is 0. The summed E-state index contributed by atoms with van der Waals surface area (Å²) in [5, 5.41) is 0. The Hall–Kier alpha value is 1.28. The summed E-state index contributed by atoms with van der Waals surface area (Å²) in [6.07, 6.45) is 0. The van der Waals surface area contributed by atoms with Gasteiger partial charge in [-0.25, -0.2) is 0 Å². The van der Waals surface area contributed by atoms with E-state index in [0.29, 0.717) is 0 Å². The van der Waals surface area contributed by atoms with Crippen LogP contribution in [0.25, 0.3) is 0 Å². The zero-order valence-electron chi connectivity index (χ0n) is 1.48. The summed E-state index contributed by atoms with van der Waals surface area (Å²) in [7, 11) is 0. The van der Waals surface area contributed by atoms with E-state index in [9.17, 15) is 6.32 Å². The van der Waals surface area contributed by atoms with E-state index < -0.39 is 19.6 Å². The summed E-state index contributed by atoms with van der Waals surface area (Å²) in [5.74, 6) is 0. The third-order valence-electron chi connectivity index (χ3n) is 0. The molecule has 0 N–H and O–H groups in total. The molecule has 0 nitrogen and oxygen atoms in total. The number of hydrogen-bond donors (Lipinski definition) is 0. The van der Waals surface area contributed by atoms with Gasteiger partial charge in [0.05, 0.1) is 0 Å². The molecule has 0 spiro atoms. The molecule has 0 saturated carbocycles. The zero-order chi connectivity index (χ0) is 2.71. The first-order chi connectivity index (χ1) is 1.41. The van der Waals surface area contributed by atoms with Crippen molar-refractivity contribution < 1.29 is 25.9 Å². The number of hydrogen-bond acceptors (Lipinski definition) is 0. The van der Waals surface area contributed by atoms with Crippen LogP contribution in [0, 0.1) is 0 Å². The van der Waals surface area contributed by atoms with Gasteiger partial charge in [0.1, 0.15) is 0 Å². The van der Waals surface area contributed by atoms with Crippen LogP contribution >= 0.6 is 24.0 Å². The maximum absolute atomic E-state index is 9.74. The maximum atomic E-state index is 9.74. The van der Waals surface area contributed by atoms with Crippen molar-refractivity contribution in [2.45, 2.75) is 0 Å². The fourth-order valence-corrected chi connectivity index (χ4v) is 0. The molecule has 0 bridgehead atoms. The topological polar surface area (TPSA) is 0 Å². The molecule has 0 atom stereocenters. The van der Waals surface area contributed by atoms with Gasteiger partial charge in [-0.05, 0) is 0 Å². The van der Waals surface area contributed by atoms with Gasteiger partial charge in [-0.1, -0.05) is 0 Å². The third kappa shape index (κ3) is 10.4. The minimum atomic E-state index is -2.42. The van der Waals surface area contributed by atoms with E-state index in [-0.39, 0.29) is 24.0 Å². The summed E-state index contributed by atoms with van der Waals surface area (Å²) in [6.45, 7) is 0. The molecule has 0 amide bonds. The molecule has 0 unspecified atom stereocenters. The Morgan fingerprint density at radius 2 is 1.25 bits per heavy atom. The van der Waals surface area contributed by atoms with Crippen molar-refractivity contribution in [3.05, 3.63) is 0 Å². The van der Waals surface area contributed by atoms with Crippen LogP contribution in [-0.2, 0) is 19.6 Å². The molecule has 0 aromatic rings. The van der Waals surface area contributed by atoms with E-state index >= 15 is 0 Å². The Morgan fingerprint density at radius 1 is 1.25 bits per heavy atom. The monoisotopic (exact) mass is 361 g/mol. The first kappa shape index (κ1) is 8.99.